The van der Waals surface area contributed by atoms with Crippen LogP contribution in [0.15, 0.2) is 47.0 Å². The molecule has 4 rings (SSSR count). The summed E-state index contributed by atoms with van der Waals surface area (Å²) in [6.07, 6.45) is 5.29. The number of anilines is 1. The van der Waals surface area contributed by atoms with Crippen LogP contribution in [-0.4, -0.2) is 47.0 Å². The first-order chi connectivity index (χ1) is 18.0. The number of likely N-dealkylation sites (N-methyl/N-ethyl adjacent to an activating group) is 1. The quantitative estimate of drug-likeness (QED) is 0.433. The number of aryl methyl sites for hydroxylation is 1. The average molecular weight is 519 g/mol. The molecule has 3 heterocycles. The standard InChI is InChI=1S/C29H34N4O5/c1-18-22-8-6-7-9-23(22)37-24(18)17-33(5)25(34)11-10-19-14-21-15-20(27(35)32-26(21)31-16-19)12-13-30-28(36)38-29(2,3)4/h6-11,14,16,20H,12-13,15,17H2,1-5H3,(H,30,36)(H,31,32,35)/b11-10+/t20-/m1/s1. The van der Waals surface area contributed by atoms with Crippen molar-refractivity contribution in [3.05, 3.63) is 65.1 Å². The summed E-state index contributed by atoms with van der Waals surface area (Å²) in [6.45, 7) is 8.06. The normalized spacial score (nSPS) is 15.3. The molecular formula is C29H34N4O5. The van der Waals surface area contributed by atoms with Crippen LogP contribution in [0.2, 0.25) is 0 Å². The number of aromatic nitrogens is 1. The van der Waals surface area contributed by atoms with Crippen LogP contribution in [0, 0.1) is 12.8 Å². The Kier molecular flexibility index (Phi) is 7.85. The lowest BCUT2D eigenvalue weighted by Gasteiger charge is -2.24. The molecule has 1 atom stereocenters. The van der Waals surface area contributed by atoms with Crippen molar-refractivity contribution in [3.8, 4) is 0 Å². The van der Waals surface area contributed by atoms with Crippen molar-refractivity contribution in [1.29, 1.82) is 0 Å². The van der Waals surface area contributed by atoms with E-state index in [-0.39, 0.29) is 17.7 Å². The van der Waals surface area contributed by atoms with Gasteiger partial charge in [0.2, 0.25) is 11.8 Å². The molecule has 9 heteroatoms. The molecule has 0 radical (unpaired) electrons. The second-order valence-corrected chi connectivity index (χ2v) is 10.6. The number of carbonyl (C=O) groups excluding carboxylic acids is 3. The highest BCUT2D eigenvalue weighted by atomic mass is 16.6. The number of para-hydroxylation sites is 1. The number of hydrogen-bond acceptors (Lipinski definition) is 6. The van der Waals surface area contributed by atoms with E-state index in [2.05, 4.69) is 15.6 Å². The van der Waals surface area contributed by atoms with Gasteiger partial charge in [-0.05, 0) is 69.9 Å². The second-order valence-electron chi connectivity index (χ2n) is 10.6. The minimum atomic E-state index is -0.580. The fourth-order valence-electron chi connectivity index (χ4n) is 4.32. The molecule has 0 spiro atoms. The third-order valence-corrected chi connectivity index (χ3v) is 6.35. The number of rotatable bonds is 7. The van der Waals surface area contributed by atoms with E-state index in [0.717, 1.165) is 33.4 Å². The summed E-state index contributed by atoms with van der Waals surface area (Å²) < 4.78 is 11.2. The molecule has 1 aliphatic heterocycles. The minimum absolute atomic E-state index is 0.128. The smallest absolute Gasteiger partial charge is 0.407 e. The Balaban J connectivity index is 1.35. The Morgan fingerprint density at radius 1 is 1.29 bits per heavy atom. The van der Waals surface area contributed by atoms with Gasteiger partial charge in [-0.2, -0.15) is 0 Å². The Hall–Kier alpha value is -4.14. The molecule has 9 nitrogen and oxygen atoms in total. The molecule has 1 aliphatic rings. The fraction of sp³-hybridized carbons (Fsp3) is 0.379. The summed E-state index contributed by atoms with van der Waals surface area (Å²) in [6, 6.07) is 9.73. The van der Waals surface area contributed by atoms with Crippen molar-refractivity contribution < 1.29 is 23.5 Å². The number of amides is 3. The molecule has 0 unspecified atom stereocenters. The number of fused-ring (bicyclic) bond motifs is 2. The number of hydrogen-bond donors (Lipinski definition) is 2. The van der Waals surface area contributed by atoms with Crippen LogP contribution < -0.4 is 10.6 Å². The number of furan rings is 1. The summed E-state index contributed by atoms with van der Waals surface area (Å²) in [5, 5.41) is 6.58. The van der Waals surface area contributed by atoms with Crippen LogP contribution in [0.1, 0.15) is 49.6 Å². The van der Waals surface area contributed by atoms with Crippen LogP contribution in [0.4, 0.5) is 10.6 Å². The van der Waals surface area contributed by atoms with Crippen molar-refractivity contribution in [3.63, 3.8) is 0 Å². The van der Waals surface area contributed by atoms with Gasteiger partial charge >= 0.3 is 6.09 Å². The Labute approximate surface area is 222 Å². The van der Waals surface area contributed by atoms with Crippen molar-refractivity contribution in [2.45, 2.75) is 52.7 Å². The van der Waals surface area contributed by atoms with E-state index in [1.807, 2.05) is 37.3 Å². The molecule has 3 aromatic rings. The molecule has 0 saturated carbocycles. The minimum Gasteiger partial charge on any atom is -0.459 e. The largest absolute Gasteiger partial charge is 0.459 e. The first-order valence-corrected chi connectivity index (χ1v) is 12.7. The summed E-state index contributed by atoms with van der Waals surface area (Å²) in [7, 11) is 1.73. The van der Waals surface area contributed by atoms with Crippen molar-refractivity contribution >= 4 is 40.8 Å². The molecule has 0 saturated heterocycles. The predicted molar refractivity (Wildman–Crippen MR) is 145 cm³/mol. The maximum absolute atomic E-state index is 12.8. The molecule has 38 heavy (non-hydrogen) atoms. The van der Waals surface area contributed by atoms with Gasteiger partial charge in [-0.3, -0.25) is 9.59 Å². The van der Waals surface area contributed by atoms with Gasteiger partial charge < -0.3 is 24.7 Å². The van der Waals surface area contributed by atoms with E-state index in [4.69, 9.17) is 9.15 Å². The number of alkyl carbamates (subject to hydrolysis) is 1. The topological polar surface area (TPSA) is 114 Å². The van der Waals surface area contributed by atoms with Crippen LogP contribution in [-0.2, 0) is 27.3 Å². The van der Waals surface area contributed by atoms with E-state index < -0.39 is 11.7 Å². The van der Waals surface area contributed by atoms with Gasteiger partial charge in [-0.1, -0.05) is 18.2 Å². The Morgan fingerprint density at radius 2 is 2.05 bits per heavy atom. The lowest BCUT2D eigenvalue weighted by atomic mass is 9.91. The van der Waals surface area contributed by atoms with Crippen molar-refractivity contribution in [2.24, 2.45) is 5.92 Å². The summed E-state index contributed by atoms with van der Waals surface area (Å²) in [5.74, 6) is 0.679. The van der Waals surface area contributed by atoms with Crippen LogP contribution >= 0.6 is 0 Å². The van der Waals surface area contributed by atoms with Gasteiger partial charge in [0.25, 0.3) is 0 Å². The molecule has 2 N–H and O–H groups in total. The molecular weight excluding hydrogens is 484 g/mol. The van der Waals surface area contributed by atoms with Crippen LogP contribution in [0.25, 0.3) is 17.0 Å². The van der Waals surface area contributed by atoms with Gasteiger partial charge in [-0.25, -0.2) is 9.78 Å². The van der Waals surface area contributed by atoms with E-state index in [1.165, 1.54) is 6.08 Å². The van der Waals surface area contributed by atoms with E-state index in [0.29, 0.717) is 31.7 Å². The van der Waals surface area contributed by atoms with Gasteiger partial charge in [0.15, 0.2) is 0 Å². The zero-order chi connectivity index (χ0) is 27.4. The molecule has 0 bridgehead atoms. The third-order valence-electron chi connectivity index (χ3n) is 6.35. The van der Waals surface area contributed by atoms with Gasteiger partial charge in [-0.15, -0.1) is 0 Å². The van der Waals surface area contributed by atoms with Crippen molar-refractivity contribution in [1.82, 2.24) is 15.2 Å². The van der Waals surface area contributed by atoms with E-state index in [9.17, 15) is 14.4 Å². The molecule has 2 aromatic heterocycles. The number of pyridine rings is 1. The first-order valence-electron chi connectivity index (χ1n) is 12.7. The Bertz CT molecular complexity index is 1390. The zero-order valence-corrected chi connectivity index (χ0v) is 22.5. The molecule has 0 aliphatic carbocycles. The van der Waals surface area contributed by atoms with Crippen LogP contribution in [0.3, 0.4) is 0 Å². The SMILES string of the molecule is Cc1c(CN(C)C(=O)/C=C/c2cnc3c(c2)C[C@@H](CCNC(=O)OC(C)(C)C)C(=O)N3)oc2ccccc12. The third kappa shape index (κ3) is 6.59. The summed E-state index contributed by atoms with van der Waals surface area (Å²) in [5.41, 5.74) is 2.90. The number of nitrogens with zero attached hydrogens (tertiary/aromatic N) is 2. The lowest BCUT2D eigenvalue weighted by Crippen LogP contribution is -2.36. The second kappa shape index (κ2) is 11.1. The van der Waals surface area contributed by atoms with Crippen molar-refractivity contribution in [2.75, 3.05) is 18.9 Å². The van der Waals surface area contributed by atoms with Gasteiger partial charge in [0.05, 0.1) is 6.54 Å². The molecule has 200 valence electrons. The number of ether oxygens (including phenoxy) is 1. The average Bonchev–Trinajstić information content (AvgIpc) is 3.16. The zero-order valence-electron chi connectivity index (χ0n) is 22.5. The summed E-state index contributed by atoms with van der Waals surface area (Å²) in [4.78, 5) is 43.1. The number of nitrogens with one attached hydrogen (secondary N) is 2. The van der Waals surface area contributed by atoms with E-state index >= 15 is 0 Å². The lowest BCUT2D eigenvalue weighted by molar-refractivity contribution is -0.125. The van der Waals surface area contributed by atoms with E-state index in [1.54, 1.807) is 45.0 Å². The Morgan fingerprint density at radius 3 is 2.79 bits per heavy atom. The number of carbonyl (C=O) groups is 3. The first kappa shape index (κ1) is 26.9. The maximum Gasteiger partial charge on any atom is 0.407 e. The summed E-state index contributed by atoms with van der Waals surface area (Å²) >= 11 is 0. The van der Waals surface area contributed by atoms with Gasteiger partial charge in [0, 0.05) is 42.7 Å². The number of benzene rings is 1. The highest BCUT2D eigenvalue weighted by Gasteiger charge is 2.27. The fourth-order valence-corrected chi connectivity index (χ4v) is 4.32. The monoisotopic (exact) mass is 518 g/mol. The highest BCUT2D eigenvalue weighted by Crippen LogP contribution is 2.27. The van der Waals surface area contributed by atoms with Crippen LogP contribution in [0.5, 0.6) is 0 Å². The predicted octanol–water partition coefficient (Wildman–Crippen LogP) is 4.83. The molecule has 0 fully saturated rings. The van der Waals surface area contributed by atoms with Gasteiger partial charge in [0.1, 0.15) is 22.8 Å². The molecule has 1 aromatic carbocycles. The molecule has 3 amide bonds. The maximum atomic E-state index is 12.8. The highest BCUT2D eigenvalue weighted by molar-refractivity contribution is 5.95.